The van der Waals surface area contributed by atoms with E-state index < -0.39 is 7.60 Å². The Morgan fingerprint density at radius 2 is 1.58 bits per heavy atom. The molecule has 8 nitrogen and oxygen atoms in total. The van der Waals surface area contributed by atoms with Crippen LogP contribution in [0.5, 0.6) is 0 Å². The number of hydrogen-bond donors (Lipinski definition) is 0. The van der Waals surface area contributed by atoms with Crippen molar-refractivity contribution in [2.45, 2.75) is 33.9 Å². The highest BCUT2D eigenvalue weighted by molar-refractivity contribution is 7.53. The summed E-state index contributed by atoms with van der Waals surface area (Å²) >= 11 is 0. The van der Waals surface area contributed by atoms with Crippen LogP contribution in [0.2, 0.25) is 0 Å². The molecule has 2 heterocycles. The lowest BCUT2D eigenvalue weighted by atomic mass is 10.3. The molecule has 0 unspecified atom stereocenters. The lowest BCUT2D eigenvalue weighted by molar-refractivity contribution is 0.219. The van der Waals surface area contributed by atoms with Crippen molar-refractivity contribution in [2.24, 2.45) is 0 Å². The van der Waals surface area contributed by atoms with Crippen LogP contribution in [0.15, 0.2) is 59.9 Å². The van der Waals surface area contributed by atoms with Gasteiger partial charge in [-0.15, -0.1) is 0 Å². The number of benzene rings is 2. The normalized spacial score (nSPS) is 12.1. The van der Waals surface area contributed by atoms with E-state index in [1.54, 1.807) is 23.0 Å². The van der Waals surface area contributed by atoms with Crippen molar-refractivity contribution in [3.05, 3.63) is 71.4 Å². The van der Waals surface area contributed by atoms with Crippen LogP contribution in [0.4, 0.5) is 0 Å². The molecule has 0 amide bonds. The minimum Gasteiger partial charge on any atom is -0.326 e. The summed E-state index contributed by atoms with van der Waals surface area (Å²) in [7, 11) is -3.23. The third-order valence-corrected chi connectivity index (χ3v) is 7.55. The maximum absolute atomic E-state index is 13.3. The maximum atomic E-state index is 13.3. The van der Waals surface area contributed by atoms with Gasteiger partial charge in [0.15, 0.2) is 0 Å². The van der Waals surface area contributed by atoms with E-state index in [0.29, 0.717) is 31.3 Å². The van der Waals surface area contributed by atoms with Crippen molar-refractivity contribution < 1.29 is 13.6 Å². The molecule has 0 atom stereocenters. The molecule has 0 aliphatic heterocycles. The molecular formula is C24H29N4O4P. The van der Waals surface area contributed by atoms with Crippen molar-refractivity contribution in [3.8, 4) is 0 Å². The van der Waals surface area contributed by atoms with Crippen molar-refractivity contribution in [1.29, 1.82) is 0 Å². The van der Waals surface area contributed by atoms with Crippen LogP contribution >= 0.6 is 7.60 Å². The molecule has 0 spiro atoms. The summed E-state index contributed by atoms with van der Waals surface area (Å²) in [5.41, 5.74) is 3.80. The van der Waals surface area contributed by atoms with Gasteiger partial charge in [0.25, 0.3) is 0 Å². The Labute approximate surface area is 192 Å². The van der Waals surface area contributed by atoms with E-state index in [4.69, 9.17) is 14.0 Å². The molecule has 0 bridgehead atoms. The lowest BCUT2D eigenvalue weighted by Crippen LogP contribution is -2.25. The van der Waals surface area contributed by atoms with E-state index in [9.17, 15) is 9.36 Å². The number of nitrogens with zero attached hydrogens (tertiary/aromatic N) is 4. The second kappa shape index (κ2) is 9.51. The van der Waals surface area contributed by atoms with Crippen LogP contribution in [0.25, 0.3) is 27.8 Å². The first-order chi connectivity index (χ1) is 15.9. The summed E-state index contributed by atoms with van der Waals surface area (Å²) in [6, 6.07) is 15.4. The van der Waals surface area contributed by atoms with Gasteiger partial charge < -0.3 is 13.6 Å². The molecule has 33 heavy (non-hydrogen) atoms. The predicted molar refractivity (Wildman–Crippen MR) is 132 cm³/mol. The van der Waals surface area contributed by atoms with E-state index in [1.165, 1.54) is 0 Å². The van der Waals surface area contributed by atoms with Crippen LogP contribution in [-0.4, -0.2) is 38.1 Å². The first-order valence-electron chi connectivity index (χ1n) is 11.1. The first kappa shape index (κ1) is 23.2. The molecule has 0 saturated heterocycles. The third-order valence-electron chi connectivity index (χ3n) is 5.50. The second-order valence-electron chi connectivity index (χ2n) is 7.77. The zero-order valence-electron chi connectivity index (χ0n) is 19.2. The highest BCUT2D eigenvalue weighted by Crippen LogP contribution is 2.48. The molecule has 2 aromatic carbocycles. The monoisotopic (exact) mass is 468 g/mol. The van der Waals surface area contributed by atoms with Gasteiger partial charge in [-0.05, 0) is 45.0 Å². The summed E-state index contributed by atoms with van der Waals surface area (Å²) in [6.45, 7) is 10.7. The molecule has 0 fully saturated rings. The Morgan fingerprint density at radius 3 is 2.21 bits per heavy atom. The van der Waals surface area contributed by atoms with Gasteiger partial charge in [0.05, 0.1) is 48.0 Å². The van der Waals surface area contributed by atoms with Gasteiger partial charge >= 0.3 is 13.3 Å². The fraction of sp³-hybridized carbons (Fsp3) is 0.333. The maximum Gasteiger partial charge on any atom is 0.333 e. The van der Waals surface area contributed by atoms with Gasteiger partial charge in [-0.2, -0.15) is 0 Å². The SMILES string of the molecule is C=C(C)n1c(=O)n(Cc2nc3ccccc3n2CCP(=O)(OCC)OCC)c2ccccc21. The van der Waals surface area contributed by atoms with E-state index in [2.05, 4.69) is 6.58 Å². The zero-order chi connectivity index (χ0) is 23.6. The molecule has 0 aliphatic rings. The summed E-state index contributed by atoms with van der Waals surface area (Å²) in [4.78, 5) is 18.1. The van der Waals surface area contributed by atoms with Crippen molar-refractivity contribution in [3.63, 3.8) is 0 Å². The largest absolute Gasteiger partial charge is 0.333 e. The summed E-state index contributed by atoms with van der Waals surface area (Å²) in [6.07, 6.45) is 0.213. The highest BCUT2D eigenvalue weighted by Gasteiger charge is 2.25. The van der Waals surface area contributed by atoms with Crippen LogP contribution < -0.4 is 5.69 Å². The van der Waals surface area contributed by atoms with E-state index >= 15 is 0 Å². The Balaban J connectivity index is 1.79. The van der Waals surface area contributed by atoms with E-state index in [1.807, 2.05) is 60.0 Å². The molecule has 0 N–H and O–H groups in total. The Kier molecular flexibility index (Phi) is 6.70. The fourth-order valence-corrected chi connectivity index (χ4v) is 5.71. The minimum absolute atomic E-state index is 0.170. The smallest absolute Gasteiger partial charge is 0.326 e. The van der Waals surface area contributed by atoms with Gasteiger partial charge in [0.1, 0.15) is 5.82 Å². The quantitative estimate of drug-likeness (QED) is 0.308. The number of hydrogen-bond acceptors (Lipinski definition) is 5. The van der Waals surface area contributed by atoms with Crippen molar-refractivity contribution in [1.82, 2.24) is 18.7 Å². The summed E-state index contributed by atoms with van der Waals surface area (Å²) in [5, 5.41) is 0. The average molecular weight is 468 g/mol. The molecule has 4 rings (SSSR count). The molecule has 9 heteroatoms. The number of rotatable bonds is 10. The molecule has 2 aromatic heterocycles. The third kappa shape index (κ3) is 4.47. The van der Waals surface area contributed by atoms with Crippen molar-refractivity contribution >= 4 is 35.4 Å². The molecule has 0 aliphatic carbocycles. The van der Waals surface area contributed by atoms with Gasteiger partial charge in [-0.1, -0.05) is 30.8 Å². The number of aryl methyl sites for hydroxylation is 1. The Hall–Kier alpha value is -2.93. The average Bonchev–Trinajstić information content (AvgIpc) is 3.27. The van der Waals surface area contributed by atoms with Crippen LogP contribution in [0.1, 0.15) is 26.6 Å². The number of para-hydroxylation sites is 4. The predicted octanol–water partition coefficient (Wildman–Crippen LogP) is 4.96. The highest BCUT2D eigenvalue weighted by atomic mass is 31.2. The standard InChI is InChI=1S/C24H29N4O4P/c1-5-31-33(30,32-6-2)16-15-26-20-12-8-7-11-19(20)25-23(26)17-27-21-13-9-10-14-22(21)28(18(3)4)24(27)29/h7-14H,3,5-6,15-17H2,1-2,4H3. The molecule has 4 aromatic rings. The van der Waals surface area contributed by atoms with E-state index in [-0.39, 0.29) is 18.4 Å². The van der Waals surface area contributed by atoms with E-state index in [0.717, 1.165) is 22.1 Å². The van der Waals surface area contributed by atoms with Crippen LogP contribution in [-0.2, 0) is 26.7 Å². The van der Waals surface area contributed by atoms with Gasteiger partial charge in [0.2, 0.25) is 0 Å². The first-order valence-corrected chi connectivity index (χ1v) is 12.8. The Bertz CT molecular complexity index is 1410. The lowest BCUT2D eigenvalue weighted by Gasteiger charge is -2.18. The Morgan fingerprint density at radius 1 is 0.970 bits per heavy atom. The topological polar surface area (TPSA) is 80.3 Å². The van der Waals surface area contributed by atoms with Crippen molar-refractivity contribution in [2.75, 3.05) is 19.4 Å². The summed E-state index contributed by atoms with van der Waals surface area (Å²) in [5.74, 6) is 0.697. The number of fused-ring (bicyclic) bond motifs is 2. The molecular weight excluding hydrogens is 439 g/mol. The second-order valence-corrected chi connectivity index (χ2v) is 9.95. The minimum atomic E-state index is -3.23. The molecule has 0 saturated carbocycles. The fourth-order valence-electron chi connectivity index (χ4n) is 4.15. The molecule has 174 valence electrons. The molecule has 0 radical (unpaired) electrons. The van der Waals surface area contributed by atoms with Crippen LogP contribution in [0.3, 0.4) is 0 Å². The number of aromatic nitrogens is 4. The van der Waals surface area contributed by atoms with Crippen LogP contribution in [0, 0.1) is 0 Å². The number of imidazole rings is 2. The summed E-state index contributed by atoms with van der Waals surface area (Å²) < 4.78 is 29.3. The number of allylic oxidation sites excluding steroid dienone is 1. The zero-order valence-corrected chi connectivity index (χ0v) is 20.1. The van der Waals surface area contributed by atoms with Gasteiger partial charge in [0, 0.05) is 12.2 Å². The van der Waals surface area contributed by atoms with Gasteiger partial charge in [-0.25, -0.2) is 9.78 Å². The van der Waals surface area contributed by atoms with Gasteiger partial charge in [-0.3, -0.25) is 13.7 Å².